The van der Waals surface area contributed by atoms with Crippen molar-refractivity contribution in [3.05, 3.63) is 42.1 Å². The fourth-order valence-corrected chi connectivity index (χ4v) is 2.01. The predicted molar refractivity (Wildman–Crippen MR) is 80.1 cm³/mol. The summed E-state index contributed by atoms with van der Waals surface area (Å²) < 4.78 is 4.80. The number of nitrogens with one attached hydrogen (secondary N) is 1. The third-order valence-electron chi connectivity index (χ3n) is 3.09. The summed E-state index contributed by atoms with van der Waals surface area (Å²) in [4.78, 5) is 27.7. The molecule has 1 aromatic carbocycles. The molecular formula is C16H18N2O3. The average Bonchev–Trinajstić information content (AvgIpc) is 2.51. The molecule has 5 heteroatoms. The summed E-state index contributed by atoms with van der Waals surface area (Å²) in [5, 5.41) is 3.39. The largest absolute Gasteiger partial charge is 0.415 e. The second-order valence-corrected chi connectivity index (χ2v) is 4.69. The first-order valence-electron chi connectivity index (χ1n) is 7.06. The number of rotatable bonds is 5. The Labute approximate surface area is 123 Å². The van der Waals surface area contributed by atoms with Crippen LogP contribution in [0.2, 0.25) is 0 Å². The number of amides is 1. The molecule has 2 rings (SSSR count). The summed E-state index contributed by atoms with van der Waals surface area (Å²) in [5.74, 6) is -0.688. The van der Waals surface area contributed by atoms with Crippen LogP contribution in [0.15, 0.2) is 36.5 Å². The molecule has 1 aromatic heterocycles. The molecule has 1 N–H and O–H groups in total. The highest BCUT2D eigenvalue weighted by molar-refractivity contribution is 6.05. The predicted octanol–water partition coefficient (Wildman–Crippen LogP) is 3.29. The molecule has 1 heterocycles. The van der Waals surface area contributed by atoms with Crippen LogP contribution in [0, 0.1) is 0 Å². The van der Waals surface area contributed by atoms with E-state index in [0.29, 0.717) is 12.1 Å². The van der Waals surface area contributed by atoms with E-state index in [0.717, 1.165) is 24.6 Å². The number of alkyl carbamates (subject to hydrolysis) is 1. The molecule has 5 nitrogen and oxygen atoms in total. The number of carbonyl (C=O) groups excluding carboxylic acids is 2. The number of benzene rings is 1. The first-order chi connectivity index (χ1) is 10.2. The van der Waals surface area contributed by atoms with Crippen molar-refractivity contribution in [3.63, 3.8) is 0 Å². The molecule has 0 aliphatic rings. The summed E-state index contributed by atoms with van der Waals surface area (Å²) in [6.07, 6.45) is 3.85. The Bertz CT molecular complexity index is 635. The zero-order valence-corrected chi connectivity index (χ0v) is 12.0. The Kier molecular flexibility index (Phi) is 5.26. The number of para-hydroxylation sites is 1. The first kappa shape index (κ1) is 15.0. The minimum Gasteiger partial charge on any atom is -0.372 e. The standard InChI is InChI=1S/C16H18N2O3/c1-2-3-4-10-18-16(20)21-15(19)13-9-5-7-12-8-6-11-17-14(12)13/h5-9,11H,2-4,10H2,1H3,(H,18,20). The van der Waals surface area contributed by atoms with Gasteiger partial charge in [0.15, 0.2) is 0 Å². The summed E-state index contributed by atoms with van der Waals surface area (Å²) in [7, 11) is 0. The lowest BCUT2D eigenvalue weighted by molar-refractivity contribution is 0.0624. The highest BCUT2D eigenvalue weighted by atomic mass is 16.6. The van der Waals surface area contributed by atoms with Gasteiger partial charge in [0.25, 0.3) is 0 Å². The van der Waals surface area contributed by atoms with E-state index < -0.39 is 12.1 Å². The molecule has 0 bridgehead atoms. The van der Waals surface area contributed by atoms with Crippen molar-refractivity contribution in [3.8, 4) is 0 Å². The second kappa shape index (κ2) is 7.38. The minimum atomic E-state index is -0.718. The molecule has 0 saturated heterocycles. The maximum Gasteiger partial charge on any atom is 0.415 e. The fourth-order valence-electron chi connectivity index (χ4n) is 2.01. The van der Waals surface area contributed by atoms with Crippen molar-refractivity contribution in [1.82, 2.24) is 10.3 Å². The van der Waals surface area contributed by atoms with Crippen molar-refractivity contribution < 1.29 is 14.3 Å². The van der Waals surface area contributed by atoms with Crippen LogP contribution < -0.4 is 5.32 Å². The van der Waals surface area contributed by atoms with E-state index in [4.69, 9.17) is 4.74 Å². The Balaban J connectivity index is 2.00. The molecule has 21 heavy (non-hydrogen) atoms. The van der Waals surface area contributed by atoms with Crippen LogP contribution in [0.3, 0.4) is 0 Å². The summed E-state index contributed by atoms with van der Waals surface area (Å²) in [6.45, 7) is 2.59. The van der Waals surface area contributed by atoms with Crippen molar-refractivity contribution in [2.75, 3.05) is 6.54 Å². The zero-order valence-electron chi connectivity index (χ0n) is 12.0. The highest BCUT2D eigenvalue weighted by Gasteiger charge is 2.15. The third-order valence-corrected chi connectivity index (χ3v) is 3.09. The van der Waals surface area contributed by atoms with Crippen molar-refractivity contribution in [2.45, 2.75) is 26.2 Å². The molecule has 1 amide bonds. The first-order valence-corrected chi connectivity index (χ1v) is 7.06. The van der Waals surface area contributed by atoms with Crippen LogP contribution in [-0.2, 0) is 4.74 Å². The van der Waals surface area contributed by atoms with Gasteiger partial charge in [-0.3, -0.25) is 4.98 Å². The number of aromatic nitrogens is 1. The van der Waals surface area contributed by atoms with Gasteiger partial charge in [-0.2, -0.15) is 0 Å². The molecule has 0 spiro atoms. The summed E-state index contributed by atoms with van der Waals surface area (Å²) in [6, 6.07) is 8.83. The van der Waals surface area contributed by atoms with Gasteiger partial charge in [0.05, 0.1) is 11.1 Å². The number of ether oxygens (including phenoxy) is 1. The Hall–Kier alpha value is -2.43. The van der Waals surface area contributed by atoms with Crippen LogP contribution in [-0.4, -0.2) is 23.6 Å². The van der Waals surface area contributed by atoms with Crippen LogP contribution in [0.4, 0.5) is 4.79 Å². The number of unbranched alkanes of at least 4 members (excludes halogenated alkanes) is 2. The average molecular weight is 286 g/mol. The van der Waals surface area contributed by atoms with E-state index in [1.807, 2.05) is 12.1 Å². The van der Waals surface area contributed by atoms with E-state index in [9.17, 15) is 9.59 Å². The Morgan fingerprint density at radius 2 is 2.00 bits per heavy atom. The topological polar surface area (TPSA) is 68.3 Å². The van der Waals surface area contributed by atoms with Crippen molar-refractivity contribution >= 4 is 23.0 Å². The minimum absolute atomic E-state index is 0.289. The van der Waals surface area contributed by atoms with E-state index in [2.05, 4.69) is 17.2 Å². The van der Waals surface area contributed by atoms with E-state index in [1.165, 1.54) is 0 Å². The zero-order chi connectivity index (χ0) is 15.1. The Morgan fingerprint density at radius 3 is 2.81 bits per heavy atom. The number of carbonyl (C=O) groups is 2. The summed E-state index contributed by atoms with van der Waals surface area (Å²) in [5.41, 5.74) is 0.820. The number of fused-ring (bicyclic) bond motifs is 1. The molecule has 0 aliphatic heterocycles. The maximum absolute atomic E-state index is 12.0. The van der Waals surface area contributed by atoms with Gasteiger partial charge in [0.2, 0.25) is 0 Å². The Morgan fingerprint density at radius 1 is 1.19 bits per heavy atom. The normalized spacial score (nSPS) is 10.3. The van der Waals surface area contributed by atoms with Crippen molar-refractivity contribution in [1.29, 1.82) is 0 Å². The highest BCUT2D eigenvalue weighted by Crippen LogP contribution is 2.16. The smallest absolute Gasteiger partial charge is 0.372 e. The second-order valence-electron chi connectivity index (χ2n) is 4.69. The van der Waals surface area contributed by atoms with E-state index in [1.54, 1.807) is 24.4 Å². The third kappa shape index (κ3) is 4.02. The molecule has 0 fully saturated rings. The molecule has 0 saturated carbocycles. The van der Waals surface area contributed by atoms with Gasteiger partial charge >= 0.3 is 12.1 Å². The van der Waals surface area contributed by atoms with Gasteiger partial charge in [0, 0.05) is 18.1 Å². The molecule has 0 unspecified atom stereocenters. The van der Waals surface area contributed by atoms with E-state index in [-0.39, 0.29) is 5.56 Å². The quantitative estimate of drug-likeness (QED) is 0.520. The van der Waals surface area contributed by atoms with Gasteiger partial charge in [-0.05, 0) is 18.6 Å². The van der Waals surface area contributed by atoms with Crippen LogP contribution in [0.1, 0.15) is 36.5 Å². The van der Waals surface area contributed by atoms with Crippen LogP contribution in [0.5, 0.6) is 0 Å². The van der Waals surface area contributed by atoms with Crippen molar-refractivity contribution in [2.24, 2.45) is 0 Å². The number of hydrogen-bond acceptors (Lipinski definition) is 4. The molecule has 0 radical (unpaired) electrons. The SMILES string of the molecule is CCCCCNC(=O)OC(=O)c1cccc2cccnc12. The molecule has 0 atom stereocenters. The monoisotopic (exact) mass is 286 g/mol. The van der Waals surface area contributed by atoms with Gasteiger partial charge in [0.1, 0.15) is 0 Å². The molecule has 0 aliphatic carbocycles. The lowest BCUT2D eigenvalue weighted by atomic mass is 10.1. The van der Waals surface area contributed by atoms with Crippen LogP contribution in [0.25, 0.3) is 10.9 Å². The lowest BCUT2D eigenvalue weighted by Gasteiger charge is -2.06. The number of nitrogens with zero attached hydrogens (tertiary/aromatic N) is 1. The van der Waals surface area contributed by atoms with E-state index >= 15 is 0 Å². The molecule has 2 aromatic rings. The van der Waals surface area contributed by atoms with Gasteiger partial charge in [-0.15, -0.1) is 0 Å². The number of pyridine rings is 1. The fraction of sp³-hybridized carbons (Fsp3) is 0.312. The summed E-state index contributed by atoms with van der Waals surface area (Å²) >= 11 is 0. The van der Waals surface area contributed by atoms with Gasteiger partial charge < -0.3 is 10.1 Å². The number of esters is 1. The number of hydrogen-bond donors (Lipinski definition) is 1. The van der Waals surface area contributed by atoms with Gasteiger partial charge in [-0.25, -0.2) is 9.59 Å². The van der Waals surface area contributed by atoms with Crippen LogP contribution >= 0.6 is 0 Å². The molecular weight excluding hydrogens is 268 g/mol. The molecule has 110 valence electrons. The maximum atomic E-state index is 12.0. The van der Waals surface area contributed by atoms with Gasteiger partial charge in [-0.1, -0.05) is 38.0 Å². The lowest BCUT2D eigenvalue weighted by Crippen LogP contribution is -2.27.